The van der Waals surface area contributed by atoms with Crippen molar-refractivity contribution < 1.29 is 23.9 Å². The maximum Gasteiger partial charge on any atom is 0.255 e. The maximum atomic E-state index is 12.8. The summed E-state index contributed by atoms with van der Waals surface area (Å²) in [5.41, 5.74) is 1.52. The molecule has 1 atom stereocenters. The number of hydrogen-bond donors (Lipinski definition) is 2. The van der Waals surface area contributed by atoms with Crippen molar-refractivity contribution in [1.29, 1.82) is 0 Å². The van der Waals surface area contributed by atoms with E-state index in [1.807, 2.05) is 6.07 Å². The first-order chi connectivity index (χ1) is 17.3. The SMILES string of the molecule is Cn1ccc(C(=O)NCCCCCCOc2ccc3c(c2)CN(C2CCC(=O)NC2=O)C3=O)cc1=O. The van der Waals surface area contributed by atoms with E-state index in [2.05, 4.69) is 10.6 Å². The Kier molecular flexibility index (Phi) is 7.82. The number of rotatable bonds is 10. The third-order valence-corrected chi connectivity index (χ3v) is 6.49. The van der Waals surface area contributed by atoms with Gasteiger partial charge in [0, 0.05) is 49.9 Å². The van der Waals surface area contributed by atoms with Gasteiger partial charge in [0.15, 0.2) is 0 Å². The monoisotopic (exact) mass is 494 g/mol. The topological polar surface area (TPSA) is 127 Å². The molecule has 2 aliphatic rings. The van der Waals surface area contributed by atoms with Crippen LogP contribution in [0.2, 0.25) is 0 Å². The molecule has 2 N–H and O–H groups in total. The molecule has 0 aliphatic carbocycles. The number of aryl methyl sites for hydroxylation is 1. The van der Waals surface area contributed by atoms with Crippen LogP contribution in [-0.2, 0) is 23.2 Å². The summed E-state index contributed by atoms with van der Waals surface area (Å²) >= 11 is 0. The van der Waals surface area contributed by atoms with Crippen LogP contribution in [0.3, 0.4) is 0 Å². The minimum absolute atomic E-state index is 0.201. The number of ether oxygens (including phenoxy) is 1. The van der Waals surface area contributed by atoms with Crippen molar-refractivity contribution in [2.24, 2.45) is 7.05 Å². The van der Waals surface area contributed by atoms with Crippen LogP contribution in [0.15, 0.2) is 41.3 Å². The van der Waals surface area contributed by atoms with E-state index in [-0.39, 0.29) is 29.7 Å². The van der Waals surface area contributed by atoms with Gasteiger partial charge in [0.2, 0.25) is 11.8 Å². The Bertz CT molecular complexity index is 1240. The number of unbranched alkanes of at least 4 members (excludes halogenated alkanes) is 3. The Morgan fingerprint density at radius 3 is 2.67 bits per heavy atom. The van der Waals surface area contributed by atoms with Crippen LogP contribution in [0.4, 0.5) is 0 Å². The molecule has 0 bridgehead atoms. The molecule has 1 saturated heterocycles. The Balaban J connectivity index is 1.14. The van der Waals surface area contributed by atoms with Gasteiger partial charge in [0.1, 0.15) is 11.8 Å². The summed E-state index contributed by atoms with van der Waals surface area (Å²) < 4.78 is 7.26. The predicted octanol–water partition coefficient (Wildman–Crippen LogP) is 1.52. The summed E-state index contributed by atoms with van der Waals surface area (Å²) in [6.07, 6.45) is 5.68. The normalized spacial score (nSPS) is 17.1. The number of pyridine rings is 1. The fourth-order valence-corrected chi connectivity index (χ4v) is 4.40. The number of carbonyl (C=O) groups excluding carboxylic acids is 4. The fraction of sp³-hybridized carbons (Fsp3) is 0.423. The molecular weight excluding hydrogens is 464 g/mol. The van der Waals surface area contributed by atoms with Gasteiger partial charge in [-0.1, -0.05) is 12.8 Å². The average molecular weight is 495 g/mol. The van der Waals surface area contributed by atoms with E-state index in [4.69, 9.17) is 4.74 Å². The summed E-state index contributed by atoms with van der Waals surface area (Å²) in [4.78, 5) is 61.6. The number of nitrogens with zero attached hydrogens (tertiary/aromatic N) is 2. The number of carbonyl (C=O) groups is 4. The van der Waals surface area contributed by atoms with Crippen LogP contribution in [0.5, 0.6) is 5.75 Å². The van der Waals surface area contributed by atoms with Gasteiger partial charge in [0.25, 0.3) is 17.4 Å². The lowest BCUT2D eigenvalue weighted by atomic mass is 10.0. The molecule has 1 aromatic carbocycles. The summed E-state index contributed by atoms with van der Waals surface area (Å²) in [5, 5.41) is 5.14. The molecule has 3 heterocycles. The number of benzene rings is 1. The van der Waals surface area contributed by atoms with Crippen LogP contribution in [0.1, 0.15) is 64.8 Å². The first-order valence-electron chi connectivity index (χ1n) is 12.2. The largest absolute Gasteiger partial charge is 0.494 e. The quantitative estimate of drug-likeness (QED) is 0.381. The first kappa shape index (κ1) is 25.2. The van der Waals surface area contributed by atoms with Gasteiger partial charge in [-0.25, -0.2) is 0 Å². The molecular formula is C26H30N4O6. The summed E-state index contributed by atoms with van der Waals surface area (Å²) in [7, 11) is 1.64. The Labute approximate surface area is 208 Å². The number of amides is 4. The molecule has 36 heavy (non-hydrogen) atoms. The van der Waals surface area contributed by atoms with Crippen molar-refractivity contribution in [2.75, 3.05) is 13.2 Å². The van der Waals surface area contributed by atoms with Crippen molar-refractivity contribution in [1.82, 2.24) is 20.1 Å². The van der Waals surface area contributed by atoms with Gasteiger partial charge in [-0.15, -0.1) is 0 Å². The number of hydrogen-bond acceptors (Lipinski definition) is 6. The van der Waals surface area contributed by atoms with E-state index in [0.717, 1.165) is 31.2 Å². The van der Waals surface area contributed by atoms with E-state index in [9.17, 15) is 24.0 Å². The van der Waals surface area contributed by atoms with Crippen LogP contribution >= 0.6 is 0 Å². The summed E-state index contributed by atoms with van der Waals surface area (Å²) in [6.45, 7) is 1.39. The van der Waals surface area contributed by atoms with E-state index in [1.54, 1.807) is 31.4 Å². The smallest absolute Gasteiger partial charge is 0.255 e. The molecule has 10 nitrogen and oxygen atoms in total. The zero-order valence-corrected chi connectivity index (χ0v) is 20.2. The molecule has 1 unspecified atom stereocenters. The van der Waals surface area contributed by atoms with Crippen LogP contribution in [-0.4, -0.2) is 52.3 Å². The molecule has 2 aliphatic heterocycles. The molecule has 190 valence electrons. The number of piperidine rings is 1. The molecule has 1 aromatic heterocycles. The maximum absolute atomic E-state index is 12.8. The van der Waals surface area contributed by atoms with Gasteiger partial charge in [-0.05, 0) is 49.1 Å². The van der Waals surface area contributed by atoms with Gasteiger partial charge in [0.05, 0.1) is 6.61 Å². The lowest BCUT2D eigenvalue weighted by Crippen LogP contribution is -2.52. The van der Waals surface area contributed by atoms with Crippen molar-refractivity contribution >= 4 is 23.6 Å². The highest BCUT2D eigenvalue weighted by Gasteiger charge is 2.39. The Morgan fingerprint density at radius 1 is 1.08 bits per heavy atom. The van der Waals surface area contributed by atoms with E-state index in [1.165, 1.54) is 15.5 Å². The van der Waals surface area contributed by atoms with E-state index < -0.39 is 11.9 Å². The van der Waals surface area contributed by atoms with Crippen molar-refractivity contribution in [3.05, 3.63) is 63.6 Å². The number of nitrogens with one attached hydrogen (secondary N) is 2. The highest BCUT2D eigenvalue weighted by atomic mass is 16.5. The van der Waals surface area contributed by atoms with Crippen LogP contribution < -0.4 is 20.9 Å². The predicted molar refractivity (Wildman–Crippen MR) is 130 cm³/mol. The second-order valence-corrected chi connectivity index (χ2v) is 9.10. The van der Waals surface area contributed by atoms with Crippen molar-refractivity contribution in [3.8, 4) is 5.75 Å². The second-order valence-electron chi connectivity index (χ2n) is 9.10. The van der Waals surface area contributed by atoms with E-state index in [0.29, 0.717) is 43.0 Å². The standard InChI is InChI=1S/C26H30N4O6/c1-29-12-10-17(15-23(29)32)24(33)27-11-4-2-3-5-13-36-19-6-7-20-18(14-19)16-30(26(20)35)21-8-9-22(31)28-25(21)34/h6-7,10,12,14-15,21H,2-5,8-9,11,13,16H2,1H3,(H,27,33)(H,28,31,34). The molecule has 1 fully saturated rings. The van der Waals surface area contributed by atoms with E-state index >= 15 is 0 Å². The van der Waals surface area contributed by atoms with Gasteiger partial charge >= 0.3 is 0 Å². The van der Waals surface area contributed by atoms with Crippen molar-refractivity contribution in [2.45, 2.75) is 51.1 Å². The molecule has 2 aromatic rings. The summed E-state index contributed by atoms with van der Waals surface area (Å²) in [6, 6.07) is 7.65. The number of imide groups is 1. The number of aromatic nitrogens is 1. The fourth-order valence-electron chi connectivity index (χ4n) is 4.40. The third-order valence-electron chi connectivity index (χ3n) is 6.49. The lowest BCUT2D eigenvalue weighted by molar-refractivity contribution is -0.136. The lowest BCUT2D eigenvalue weighted by Gasteiger charge is -2.29. The number of fused-ring (bicyclic) bond motifs is 1. The minimum Gasteiger partial charge on any atom is -0.494 e. The highest BCUT2D eigenvalue weighted by molar-refractivity contribution is 6.05. The van der Waals surface area contributed by atoms with Crippen LogP contribution in [0, 0.1) is 0 Å². The molecule has 0 saturated carbocycles. The van der Waals surface area contributed by atoms with Crippen molar-refractivity contribution in [3.63, 3.8) is 0 Å². The molecule has 0 radical (unpaired) electrons. The molecule has 4 rings (SSSR count). The van der Waals surface area contributed by atoms with Gasteiger partial charge in [-0.2, -0.15) is 0 Å². The summed E-state index contributed by atoms with van der Waals surface area (Å²) in [5.74, 6) is -0.501. The highest BCUT2D eigenvalue weighted by Crippen LogP contribution is 2.30. The third kappa shape index (κ3) is 5.81. The average Bonchev–Trinajstić information content (AvgIpc) is 3.17. The Hall–Kier alpha value is -3.95. The first-order valence-corrected chi connectivity index (χ1v) is 12.2. The molecule has 4 amide bonds. The Morgan fingerprint density at radius 2 is 1.89 bits per heavy atom. The zero-order chi connectivity index (χ0) is 25.7. The second kappa shape index (κ2) is 11.2. The van der Waals surface area contributed by atoms with Gasteiger partial charge < -0.3 is 19.5 Å². The zero-order valence-electron chi connectivity index (χ0n) is 20.2. The minimum atomic E-state index is -0.628. The molecule has 0 spiro atoms. The van der Waals surface area contributed by atoms with Gasteiger partial charge in [-0.3, -0.25) is 29.3 Å². The van der Waals surface area contributed by atoms with Crippen LogP contribution in [0.25, 0.3) is 0 Å². The molecule has 10 heteroatoms.